The third kappa shape index (κ3) is 4.56. The van der Waals surface area contributed by atoms with Crippen LogP contribution in [0.5, 0.6) is 0 Å². The molecule has 0 radical (unpaired) electrons. The molecule has 2 aromatic carbocycles. The van der Waals surface area contributed by atoms with E-state index in [1.807, 2.05) is 0 Å². The lowest BCUT2D eigenvalue weighted by Gasteiger charge is -2.15. The fraction of sp³-hybridized carbons (Fsp3) is 0.158. The highest BCUT2D eigenvalue weighted by Gasteiger charge is 2.23. The molecule has 0 unspecified atom stereocenters. The fourth-order valence-corrected chi connectivity index (χ4v) is 4.71. The van der Waals surface area contributed by atoms with Gasteiger partial charge in [-0.25, -0.2) is 17.5 Å². The first-order valence-electron chi connectivity index (χ1n) is 9.24. The van der Waals surface area contributed by atoms with Crippen molar-refractivity contribution in [3.63, 3.8) is 0 Å². The Morgan fingerprint density at radius 3 is 2.58 bits per heavy atom. The van der Waals surface area contributed by atoms with Crippen LogP contribution in [-0.2, 0) is 16.4 Å². The summed E-state index contributed by atoms with van der Waals surface area (Å²) in [5.74, 6) is -0.381. The molecule has 0 aliphatic heterocycles. The highest BCUT2D eigenvalue weighted by atomic mass is 32.2. The summed E-state index contributed by atoms with van der Waals surface area (Å²) in [4.78, 5) is 28.7. The number of benzene rings is 2. The summed E-state index contributed by atoms with van der Waals surface area (Å²) in [6.07, 6.45) is 2.52. The van der Waals surface area contributed by atoms with Crippen molar-refractivity contribution in [2.45, 2.75) is 11.4 Å². The molecule has 33 heavy (non-hydrogen) atoms. The lowest BCUT2D eigenvalue weighted by Crippen LogP contribution is -2.20. The molecule has 4 aromatic rings. The van der Waals surface area contributed by atoms with Crippen molar-refractivity contribution in [2.24, 2.45) is 0 Å². The Bertz CT molecular complexity index is 1550. The normalized spacial score (nSPS) is 11.6. The van der Waals surface area contributed by atoms with E-state index in [1.54, 1.807) is 18.1 Å². The van der Waals surface area contributed by atoms with Crippen molar-refractivity contribution in [3.05, 3.63) is 74.6 Å². The average molecular weight is 490 g/mol. The third-order valence-corrected chi connectivity index (χ3v) is 6.96. The molecule has 0 amide bonds. The lowest BCUT2D eigenvalue weighted by atomic mass is 10.2. The molecule has 0 N–H and O–H groups in total. The maximum absolute atomic E-state index is 13.1. The summed E-state index contributed by atoms with van der Waals surface area (Å²) in [6, 6.07) is 7.70. The van der Waals surface area contributed by atoms with Crippen molar-refractivity contribution in [1.29, 1.82) is 0 Å². The number of rotatable bonds is 6. The number of nitrogens with zero attached hydrogens (tertiary/aromatic N) is 6. The quantitative estimate of drug-likeness (QED) is 0.294. The van der Waals surface area contributed by atoms with Gasteiger partial charge in [0.05, 0.1) is 33.6 Å². The molecule has 2 aromatic heterocycles. The molecule has 0 saturated heterocycles. The molecular weight excluding hydrogens is 475 g/mol. The van der Waals surface area contributed by atoms with Crippen LogP contribution in [0.3, 0.4) is 0 Å². The van der Waals surface area contributed by atoms with Gasteiger partial charge in [0.25, 0.3) is 11.2 Å². The zero-order valence-corrected chi connectivity index (χ0v) is 18.8. The van der Waals surface area contributed by atoms with Gasteiger partial charge in [0.2, 0.25) is 0 Å². The Morgan fingerprint density at radius 1 is 1.24 bits per heavy atom. The smallest absolute Gasteiger partial charge is 0.288 e. The Morgan fingerprint density at radius 2 is 1.94 bits per heavy atom. The molecule has 14 heteroatoms. The average Bonchev–Trinajstić information content (AvgIpc) is 3.21. The van der Waals surface area contributed by atoms with E-state index in [9.17, 15) is 27.7 Å². The number of anilines is 1. The van der Waals surface area contributed by atoms with Crippen LogP contribution in [0.1, 0.15) is 5.69 Å². The van der Waals surface area contributed by atoms with Crippen LogP contribution in [0, 0.1) is 15.9 Å². The second-order valence-corrected chi connectivity index (χ2v) is 10.1. The van der Waals surface area contributed by atoms with Crippen molar-refractivity contribution in [1.82, 2.24) is 20.0 Å². The lowest BCUT2D eigenvalue weighted by molar-refractivity contribution is -0.383. The van der Waals surface area contributed by atoms with E-state index in [1.165, 1.54) is 28.9 Å². The first-order valence-corrected chi connectivity index (χ1v) is 12.0. The molecule has 4 rings (SSSR count). The van der Waals surface area contributed by atoms with Crippen LogP contribution >= 0.6 is 11.3 Å². The van der Waals surface area contributed by atoms with Gasteiger partial charge in [-0.3, -0.25) is 14.9 Å². The second kappa shape index (κ2) is 8.29. The largest absolute Gasteiger partial charge is 0.345 e. The molecule has 0 atom stereocenters. The summed E-state index contributed by atoms with van der Waals surface area (Å²) in [5.41, 5.74) is -0.169. The topological polar surface area (TPSA) is 141 Å². The highest BCUT2D eigenvalue weighted by Crippen LogP contribution is 2.34. The molecule has 170 valence electrons. The highest BCUT2D eigenvalue weighted by molar-refractivity contribution is 7.90. The number of nitro benzene ring substituents is 1. The molecule has 0 bridgehead atoms. The van der Waals surface area contributed by atoms with Crippen LogP contribution in [0.2, 0.25) is 0 Å². The van der Waals surface area contributed by atoms with E-state index < -0.39 is 26.0 Å². The van der Waals surface area contributed by atoms with Crippen LogP contribution in [0.25, 0.3) is 15.8 Å². The number of non-ortho nitro benzene ring substituents is 1. The van der Waals surface area contributed by atoms with Gasteiger partial charge in [0, 0.05) is 19.4 Å². The van der Waals surface area contributed by atoms with Gasteiger partial charge in [-0.1, -0.05) is 16.6 Å². The standard InChI is InChI=1S/C19H15FN6O5S2/c1-24(9-12-10-25(23-22-12)13-5-3-11(20)4-6-13)19-21-18(27)15-7-14(33(2,30)31)8-16(26(28)29)17(15)32-19/h3-8,10H,9H2,1-2H3. The minimum atomic E-state index is -3.77. The number of hydrogen-bond donors (Lipinski definition) is 0. The summed E-state index contributed by atoms with van der Waals surface area (Å²) in [6.45, 7) is 0.171. The summed E-state index contributed by atoms with van der Waals surface area (Å²) < 4.78 is 38.3. The predicted molar refractivity (Wildman–Crippen MR) is 119 cm³/mol. The molecule has 0 fully saturated rings. The van der Waals surface area contributed by atoms with Crippen LogP contribution in [0.4, 0.5) is 15.2 Å². The van der Waals surface area contributed by atoms with Gasteiger partial charge in [-0.15, -0.1) is 5.10 Å². The first kappa shape index (κ1) is 22.4. The van der Waals surface area contributed by atoms with E-state index in [0.29, 0.717) is 11.4 Å². The van der Waals surface area contributed by atoms with Gasteiger partial charge >= 0.3 is 0 Å². The minimum absolute atomic E-state index is 0.0178. The van der Waals surface area contributed by atoms with Crippen molar-refractivity contribution < 1.29 is 17.7 Å². The fourth-order valence-electron chi connectivity index (χ4n) is 3.03. The van der Waals surface area contributed by atoms with Gasteiger partial charge in [0.1, 0.15) is 16.2 Å². The van der Waals surface area contributed by atoms with E-state index in [0.717, 1.165) is 29.7 Å². The summed E-state index contributed by atoms with van der Waals surface area (Å²) >= 11 is 0.889. The van der Waals surface area contributed by atoms with Crippen molar-refractivity contribution in [3.8, 4) is 5.69 Å². The number of aromatic nitrogens is 4. The SMILES string of the molecule is CN(Cc1cn(-c2ccc(F)cc2)nn1)c1nc(=O)c2cc(S(C)(=O)=O)cc([N+](=O)[O-])c2s1. The van der Waals surface area contributed by atoms with Crippen LogP contribution < -0.4 is 10.5 Å². The van der Waals surface area contributed by atoms with Crippen LogP contribution in [0.15, 0.2) is 52.3 Å². The Hall–Kier alpha value is -3.78. The third-order valence-electron chi connectivity index (χ3n) is 4.65. The Kier molecular flexibility index (Phi) is 5.63. The maximum Gasteiger partial charge on any atom is 0.288 e. The van der Waals surface area contributed by atoms with Gasteiger partial charge < -0.3 is 4.90 Å². The minimum Gasteiger partial charge on any atom is -0.345 e. The molecule has 0 spiro atoms. The molecular formula is C19H15FN6O5S2. The summed E-state index contributed by atoms with van der Waals surface area (Å²) in [7, 11) is -2.15. The van der Waals surface area contributed by atoms with E-state index >= 15 is 0 Å². The molecule has 11 nitrogen and oxygen atoms in total. The van der Waals surface area contributed by atoms with Gasteiger partial charge in [0.15, 0.2) is 15.0 Å². The monoisotopic (exact) mass is 490 g/mol. The molecule has 0 aliphatic rings. The van der Waals surface area contributed by atoms with Crippen molar-refractivity contribution >= 4 is 42.1 Å². The number of sulfone groups is 1. The zero-order valence-electron chi connectivity index (χ0n) is 17.2. The molecule has 0 saturated carbocycles. The first-order chi connectivity index (χ1) is 15.5. The predicted octanol–water partition coefficient (Wildman–Crippen LogP) is 2.32. The Balaban J connectivity index is 1.70. The molecule has 2 heterocycles. The summed E-state index contributed by atoms with van der Waals surface area (Å²) in [5, 5.41) is 19.7. The maximum atomic E-state index is 13.1. The van der Waals surface area contributed by atoms with Crippen molar-refractivity contribution in [2.75, 3.05) is 18.2 Å². The van der Waals surface area contributed by atoms with E-state index in [2.05, 4.69) is 15.3 Å². The number of hydrogen-bond acceptors (Lipinski definition) is 10. The molecule has 0 aliphatic carbocycles. The number of halogens is 1. The second-order valence-electron chi connectivity index (χ2n) is 7.14. The van der Waals surface area contributed by atoms with Gasteiger partial charge in [-0.05, 0) is 30.3 Å². The number of nitro groups is 1. The van der Waals surface area contributed by atoms with E-state index in [-0.39, 0.29) is 32.5 Å². The van der Waals surface area contributed by atoms with E-state index in [4.69, 9.17) is 0 Å². The van der Waals surface area contributed by atoms with Crippen LogP contribution in [-0.4, -0.2) is 46.6 Å². The Labute approximate surface area is 189 Å². The zero-order chi connectivity index (χ0) is 23.9. The number of fused-ring (bicyclic) bond motifs is 1. The van der Waals surface area contributed by atoms with Gasteiger partial charge in [-0.2, -0.15) is 4.98 Å².